The van der Waals surface area contributed by atoms with Gasteiger partial charge < -0.3 is 4.90 Å². The monoisotopic (exact) mass is 244 g/mol. The van der Waals surface area contributed by atoms with Crippen LogP contribution in [0.25, 0.3) is 5.69 Å². The van der Waals surface area contributed by atoms with Crippen LogP contribution in [-0.4, -0.2) is 46.0 Å². The Balaban J connectivity index is 2.34. The predicted molar refractivity (Wildman–Crippen MR) is 64.8 cm³/mol. The van der Waals surface area contributed by atoms with Crippen LogP contribution in [-0.2, 0) is 0 Å². The van der Waals surface area contributed by atoms with Crippen LogP contribution < -0.4 is 0 Å². The summed E-state index contributed by atoms with van der Waals surface area (Å²) in [5, 5.41) is 4.15. The maximum atomic E-state index is 11.7. The van der Waals surface area contributed by atoms with Crippen molar-refractivity contribution in [3.8, 4) is 5.69 Å². The second-order valence-corrected chi connectivity index (χ2v) is 3.94. The van der Waals surface area contributed by atoms with Crippen molar-refractivity contribution in [1.29, 1.82) is 0 Å². The fourth-order valence-electron chi connectivity index (χ4n) is 1.45. The van der Waals surface area contributed by atoms with Gasteiger partial charge in [-0.05, 0) is 12.1 Å². The highest BCUT2D eigenvalue weighted by molar-refractivity contribution is 5.91. The van der Waals surface area contributed by atoms with Crippen LogP contribution in [0.2, 0.25) is 0 Å². The summed E-state index contributed by atoms with van der Waals surface area (Å²) in [6.45, 7) is 0. The average molecular weight is 244 g/mol. The molecule has 0 aromatic carbocycles. The van der Waals surface area contributed by atoms with Crippen LogP contribution in [0.15, 0.2) is 30.7 Å². The Labute approximate surface area is 104 Å². The standard InChI is InChI=1S/C12H12N4O2/c1-15(2)12(18)11-3-4-16(14-11)10-5-9(8-17)6-13-7-10/h3-8H,1-2H3. The summed E-state index contributed by atoms with van der Waals surface area (Å²) in [5.41, 5.74) is 1.44. The largest absolute Gasteiger partial charge is 0.343 e. The Morgan fingerprint density at radius 1 is 1.39 bits per heavy atom. The molecule has 0 saturated carbocycles. The molecule has 6 heteroatoms. The zero-order chi connectivity index (χ0) is 13.1. The number of nitrogens with zero attached hydrogens (tertiary/aromatic N) is 4. The van der Waals surface area contributed by atoms with Gasteiger partial charge in [0.05, 0.1) is 11.9 Å². The molecule has 0 spiro atoms. The highest BCUT2D eigenvalue weighted by atomic mass is 16.2. The van der Waals surface area contributed by atoms with Crippen LogP contribution in [0, 0.1) is 0 Å². The Bertz CT molecular complexity index is 589. The number of hydrogen-bond acceptors (Lipinski definition) is 4. The van der Waals surface area contributed by atoms with Crippen molar-refractivity contribution in [2.45, 2.75) is 0 Å². The van der Waals surface area contributed by atoms with Gasteiger partial charge in [-0.2, -0.15) is 5.10 Å². The van der Waals surface area contributed by atoms with E-state index in [1.165, 1.54) is 15.8 Å². The fraction of sp³-hybridized carbons (Fsp3) is 0.167. The van der Waals surface area contributed by atoms with Gasteiger partial charge in [-0.25, -0.2) is 4.68 Å². The number of aldehydes is 1. The topological polar surface area (TPSA) is 68.1 Å². The van der Waals surface area contributed by atoms with Gasteiger partial charge in [-0.15, -0.1) is 0 Å². The zero-order valence-corrected chi connectivity index (χ0v) is 10.1. The molecule has 92 valence electrons. The van der Waals surface area contributed by atoms with E-state index >= 15 is 0 Å². The molecular weight excluding hydrogens is 232 g/mol. The molecule has 0 fully saturated rings. The van der Waals surface area contributed by atoms with Gasteiger partial charge in [0.1, 0.15) is 0 Å². The molecular formula is C12H12N4O2. The Kier molecular flexibility index (Phi) is 3.18. The lowest BCUT2D eigenvalue weighted by atomic mass is 10.3. The molecule has 2 rings (SSSR count). The van der Waals surface area contributed by atoms with Crippen molar-refractivity contribution in [2.24, 2.45) is 0 Å². The van der Waals surface area contributed by atoms with E-state index in [-0.39, 0.29) is 5.91 Å². The van der Waals surface area contributed by atoms with E-state index in [0.717, 1.165) is 0 Å². The third-order valence-electron chi connectivity index (χ3n) is 2.36. The lowest BCUT2D eigenvalue weighted by Gasteiger charge is -2.07. The fourth-order valence-corrected chi connectivity index (χ4v) is 1.45. The smallest absolute Gasteiger partial charge is 0.273 e. The van der Waals surface area contributed by atoms with Crippen LogP contribution in [0.4, 0.5) is 0 Å². The van der Waals surface area contributed by atoms with Crippen molar-refractivity contribution in [3.63, 3.8) is 0 Å². The van der Waals surface area contributed by atoms with Gasteiger partial charge in [0.2, 0.25) is 0 Å². The molecule has 0 bridgehead atoms. The summed E-state index contributed by atoms with van der Waals surface area (Å²) in [7, 11) is 3.33. The summed E-state index contributed by atoms with van der Waals surface area (Å²) < 4.78 is 1.51. The van der Waals surface area contributed by atoms with Crippen LogP contribution >= 0.6 is 0 Å². The SMILES string of the molecule is CN(C)C(=O)c1ccn(-c2cncc(C=O)c2)n1. The van der Waals surface area contributed by atoms with Gasteiger partial charge in [-0.1, -0.05) is 0 Å². The first kappa shape index (κ1) is 12.0. The van der Waals surface area contributed by atoms with Gasteiger partial charge in [0, 0.05) is 32.1 Å². The van der Waals surface area contributed by atoms with Crippen molar-refractivity contribution < 1.29 is 9.59 Å². The molecule has 0 atom stereocenters. The highest BCUT2D eigenvalue weighted by Crippen LogP contribution is 2.08. The van der Waals surface area contributed by atoms with Crippen LogP contribution in [0.3, 0.4) is 0 Å². The molecule has 1 amide bonds. The van der Waals surface area contributed by atoms with E-state index < -0.39 is 0 Å². The van der Waals surface area contributed by atoms with Crippen molar-refractivity contribution in [2.75, 3.05) is 14.1 Å². The Hall–Kier alpha value is -2.50. The Morgan fingerprint density at radius 3 is 2.83 bits per heavy atom. The molecule has 0 aliphatic carbocycles. The maximum absolute atomic E-state index is 11.7. The molecule has 2 aromatic rings. The van der Waals surface area contributed by atoms with E-state index in [9.17, 15) is 9.59 Å². The van der Waals surface area contributed by atoms with E-state index in [1.54, 1.807) is 38.6 Å². The maximum Gasteiger partial charge on any atom is 0.273 e. The third kappa shape index (κ3) is 2.27. The van der Waals surface area contributed by atoms with Crippen molar-refractivity contribution >= 4 is 12.2 Å². The lowest BCUT2D eigenvalue weighted by Crippen LogP contribution is -2.22. The first-order valence-electron chi connectivity index (χ1n) is 5.30. The summed E-state index contributed by atoms with van der Waals surface area (Å²) >= 11 is 0. The minimum Gasteiger partial charge on any atom is -0.343 e. The zero-order valence-electron chi connectivity index (χ0n) is 10.1. The number of carbonyl (C=O) groups is 2. The van der Waals surface area contributed by atoms with Gasteiger partial charge in [0.25, 0.3) is 5.91 Å². The molecule has 0 aliphatic rings. The first-order valence-corrected chi connectivity index (χ1v) is 5.30. The number of aromatic nitrogens is 3. The molecule has 18 heavy (non-hydrogen) atoms. The van der Waals surface area contributed by atoms with E-state index in [1.807, 2.05) is 0 Å². The predicted octanol–water partition coefficient (Wildman–Crippen LogP) is 0.782. The summed E-state index contributed by atoms with van der Waals surface area (Å²) in [5.74, 6) is -0.173. The van der Waals surface area contributed by atoms with E-state index in [0.29, 0.717) is 23.2 Å². The minimum atomic E-state index is -0.173. The number of amides is 1. The number of hydrogen-bond donors (Lipinski definition) is 0. The summed E-state index contributed by atoms with van der Waals surface area (Å²) in [6.07, 6.45) is 5.41. The molecule has 0 radical (unpaired) electrons. The number of rotatable bonds is 3. The van der Waals surface area contributed by atoms with Crippen LogP contribution in [0.1, 0.15) is 20.8 Å². The highest BCUT2D eigenvalue weighted by Gasteiger charge is 2.12. The minimum absolute atomic E-state index is 0.173. The molecule has 0 aliphatic heterocycles. The van der Waals surface area contributed by atoms with E-state index in [4.69, 9.17) is 0 Å². The van der Waals surface area contributed by atoms with E-state index in [2.05, 4.69) is 10.1 Å². The Morgan fingerprint density at radius 2 is 2.17 bits per heavy atom. The third-order valence-corrected chi connectivity index (χ3v) is 2.36. The van der Waals surface area contributed by atoms with Crippen LogP contribution in [0.5, 0.6) is 0 Å². The first-order chi connectivity index (χ1) is 8.61. The lowest BCUT2D eigenvalue weighted by molar-refractivity contribution is 0.0821. The van der Waals surface area contributed by atoms with Crippen molar-refractivity contribution in [3.05, 3.63) is 42.0 Å². The normalized spacial score (nSPS) is 10.1. The summed E-state index contributed by atoms with van der Waals surface area (Å²) in [4.78, 5) is 27.7. The van der Waals surface area contributed by atoms with Crippen molar-refractivity contribution in [1.82, 2.24) is 19.7 Å². The number of pyridine rings is 1. The second-order valence-electron chi connectivity index (χ2n) is 3.94. The van der Waals surface area contributed by atoms with Gasteiger partial charge in [0.15, 0.2) is 12.0 Å². The molecule has 2 heterocycles. The molecule has 0 unspecified atom stereocenters. The second kappa shape index (κ2) is 4.79. The average Bonchev–Trinajstić information content (AvgIpc) is 2.87. The molecule has 0 saturated heterocycles. The van der Waals surface area contributed by atoms with Gasteiger partial charge >= 0.3 is 0 Å². The summed E-state index contributed by atoms with van der Waals surface area (Å²) in [6, 6.07) is 3.27. The molecule has 6 nitrogen and oxygen atoms in total. The molecule has 2 aromatic heterocycles. The molecule has 0 N–H and O–H groups in total. The quantitative estimate of drug-likeness (QED) is 0.748. The number of carbonyl (C=O) groups excluding carboxylic acids is 2. The van der Waals surface area contributed by atoms with Gasteiger partial charge in [-0.3, -0.25) is 14.6 Å².